The van der Waals surface area contributed by atoms with E-state index in [2.05, 4.69) is 243 Å². The zero-order valence-corrected chi connectivity index (χ0v) is 36.5. The second-order valence-electron chi connectivity index (χ2n) is 17.9. The maximum Gasteiger partial charge on any atom is 0.135 e. The van der Waals surface area contributed by atoms with E-state index in [0.717, 1.165) is 28.0 Å². The molecule has 67 heavy (non-hydrogen) atoms. The number of fused-ring (bicyclic) bond motifs is 6. The van der Waals surface area contributed by atoms with Crippen LogP contribution >= 0.6 is 0 Å². The Hall–Kier alpha value is -8.78. The van der Waals surface area contributed by atoms with Gasteiger partial charge in [0, 0.05) is 10.9 Å². The number of rotatable bonds is 6. The standard InChI is InChI=1S/C66H40O/c1-4-15-41(16-5-1)47-33-34-52-54-26-14-25-53-51(35-36-59(64(53)54)67-60(52)40-47)50-38-48(42-17-6-2-7-18-42)37-49(39-50)43-29-31-46(32-30-43)63-56-24-11-10-23-55(56)62(45-19-8-3-9-20-45)65-57-27-12-21-44-22-13-28-58(61(44)57)66(63)65/h1-40H. The third kappa shape index (κ3) is 5.88. The van der Waals surface area contributed by atoms with Gasteiger partial charge in [-0.05, 0) is 158 Å². The van der Waals surface area contributed by atoms with E-state index in [9.17, 15) is 0 Å². The van der Waals surface area contributed by atoms with E-state index in [1.807, 2.05) is 0 Å². The highest BCUT2D eigenvalue weighted by Crippen LogP contribution is 2.58. The molecule has 0 radical (unpaired) electrons. The van der Waals surface area contributed by atoms with E-state index in [1.54, 1.807) is 0 Å². The van der Waals surface area contributed by atoms with Crippen LogP contribution in [0, 0.1) is 0 Å². The maximum absolute atomic E-state index is 6.75. The van der Waals surface area contributed by atoms with Crippen LogP contribution in [0.1, 0.15) is 0 Å². The molecule has 1 heterocycles. The fourth-order valence-electron chi connectivity index (χ4n) is 11.2. The monoisotopic (exact) mass is 848 g/mol. The van der Waals surface area contributed by atoms with E-state index >= 15 is 0 Å². The molecular weight excluding hydrogens is 809 g/mol. The molecule has 0 aromatic heterocycles. The molecule has 1 aliphatic carbocycles. The Labute approximate surface area is 389 Å². The van der Waals surface area contributed by atoms with Gasteiger partial charge < -0.3 is 4.74 Å². The molecule has 1 heteroatoms. The van der Waals surface area contributed by atoms with Crippen LogP contribution in [0.25, 0.3) is 132 Å². The predicted octanol–water partition coefficient (Wildman–Crippen LogP) is 18.6. The first-order valence-corrected chi connectivity index (χ1v) is 23.2. The van der Waals surface area contributed by atoms with Crippen molar-refractivity contribution in [1.29, 1.82) is 0 Å². The summed E-state index contributed by atoms with van der Waals surface area (Å²) in [6, 6.07) is 88.9. The second kappa shape index (κ2) is 14.9. The van der Waals surface area contributed by atoms with Gasteiger partial charge in [0.1, 0.15) is 11.5 Å². The zero-order chi connectivity index (χ0) is 44.0. The molecule has 14 rings (SSSR count). The van der Waals surface area contributed by atoms with Gasteiger partial charge >= 0.3 is 0 Å². The van der Waals surface area contributed by atoms with Gasteiger partial charge in [-0.15, -0.1) is 0 Å². The van der Waals surface area contributed by atoms with Crippen LogP contribution in [0.15, 0.2) is 243 Å². The van der Waals surface area contributed by atoms with Crippen LogP contribution in [-0.4, -0.2) is 0 Å². The summed E-state index contributed by atoms with van der Waals surface area (Å²) >= 11 is 0. The van der Waals surface area contributed by atoms with Crippen LogP contribution in [0.3, 0.4) is 0 Å². The molecule has 1 aliphatic heterocycles. The lowest BCUT2D eigenvalue weighted by Gasteiger charge is -2.23. The van der Waals surface area contributed by atoms with Gasteiger partial charge in [0.2, 0.25) is 0 Å². The van der Waals surface area contributed by atoms with E-state index < -0.39 is 0 Å². The second-order valence-corrected chi connectivity index (χ2v) is 17.9. The fourth-order valence-corrected chi connectivity index (χ4v) is 11.2. The Balaban J connectivity index is 0.928. The first-order chi connectivity index (χ1) is 33.2. The van der Waals surface area contributed by atoms with Gasteiger partial charge in [-0.1, -0.05) is 206 Å². The summed E-state index contributed by atoms with van der Waals surface area (Å²) in [5.41, 5.74) is 22.0. The summed E-state index contributed by atoms with van der Waals surface area (Å²) in [5.74, 6) is 1.77. The minimum atomic E-state index is 0.886. The molecule has 12 aromatic carbocycles. The maximum atomic E-state index is 6.75. The normalized spacial score (nSPS) is 12.0. The highest BCUT2D eigenvalue weighted by molar-refractivity contribution is 6.27. The molecule has 0 unspecified atom stereocenters. The van der Waals surface area contributed by atoms with Gasteiger partial charge in [0.05, 0.1) is 0 Å². The third-order valence-electron chi connectivity index (χ3n) is 14.2. The minimum Gasteiger partial charge on any atom is -0.456 e. The quantitative estimate of drug-likeness (QED) is 0.162. The Kier molecular flexibility index (Phi) is 8.35. The zero-order valence-electron chi connectivity index (χ0n) is 36.5. The van der Waals surface area contributed by atoms with Crippen molar-refractivity contribution in [2.75, 3.05) is 0 Å². The molecule has 0 N–H and O–H groups in total. The topological polar surface area (TPSA) is 9.23 Å². The largest absolute Gasteiger partial charge is 0.456 e. The highest BCUT2D eigenvalue weighted by Gasteiger charge is 2.30. The highest BCUT2D eigenvalue weighted by atomic mass is 16.5. The molecule has 0 fully saturated rings. The summed E-state index contributed by atoms with van der Waals surface area (Å²) in [5, 5.41) is 7.46. The molecule has 0 saturated heterocycles. The summed E-state index contributed by atoms with van der Waals surface area (Å²) in [7, 11) is 0. The first kappa shape index (κ1) is 37.6. The SMILES string of the molecule is c1ccc(-c2cc(-c3ccc(-c4c5c(c(-c6ccccc6)c6ccccc46)-c4cccc6cccc-5c46)cc3)cc(-c3ccc4c5c(cccc35)-c3ccc(-c5ccccc5)cc3O4)c2)cc1. The van der Waals surface area contributed by atoms with Crippen molar-refractivity contribution in [3.8, 4) is 112 Å². The lowest BCUT2D eigenvalue weighted by molar-refractivity contribution is 0.487. The molecule has 2 aliphatic rings. The average Bonchev–Trinajstić information content (AvgIpc) is 3.73. The van der Waals surface area contributed by atoms with Crippen LogP contribution in [0.5, 0.6) is 11.5 Å². The Morgan fingerprint density at radius 2 is 0.672 bits per heavy atom. The van der Waals surface area contributed by atoms with Gasteiger partial charge in [0.25, 0.3) is 0 Å². The smallest absolute Gasteiger partial charge is 0.135 e. The van der Waals surface area contributed by atoms with E-state index in [0.29, 0.717) is 0 Å². The van der Waals surface area contributed by atoms with Crippen LogP contribution in [0.4, 0.5) is 0 Å². The average molecular weight is 849 g/mol. The van der Waals surface area contributed by atoms with Gasteiger partial charge in [-0.2, -0.15) is 0 Å². The van der Waals surface area contributed by atoms with Gasteiger partial charge in [-0.25, -0.2) is 0 Å². The molecule has 0 saturated carbocycles. The molecular formula is C66H40O. The van der Waals surface area contributed by atoms with E-state index in [-0.39, 0.29) is 0 Å². The van der Waals surface area contributed by atoms with Crippen molar-refractivity contribution in [3.05, 3.63) is 243 Å². The third-order valence-corrected chi connectivity index (χ3v) is 14.2. The first-order valence-electron chi connectivity index (χ1n) is 23.2. The van der Waals surface area contributed by atoms with Crippen molar-refractivity contribution in [1.82, 2.24) is 0 Å². The lowest BCUT2D eigenvalue weighted by atomic mass is 9.82. The van der Waals surface area contributed by atoms with Crippen molar-refractivity contribution in [2.24, 2.45) is 0 Å². The van der Waals surface area contributed by atoms with Crippen LogP contribution in [-0.2, 0) is 0 Å². The molecule has 0 bridgehead atoms. The predicted molar refractivity (Wildman–Crippen MR) is 282 cm³/mol. The Morgan fingerprint density at radius 3 is 1.31 bits per heavy atom. The minimum absolute atomic E-state index is 0.886. The Morgan fingerprint density at radius 1 is 0.209 bits per heavy atom. The van der Waals surface area contributed by atoms with Crippen molar-refractivity contribution >= 4 is 32.3 Å². The molecule has 0 spiro atoms. The summed E-state index contributed by atoms with van der Waals surface area (Å²) in [4.78, 5) is 0. The van der Waals surface area contributed by atoms with E-state index in [4.69, 9.17) is 4.74 Å². The summed E-state index contributed by atoms with van der Waals surface area (Å²) < 4.78 is 6.75. The lowest BCUT2D eigenvalue weighted by Crippen LogP contribution is -1.98. The molecule has 12 aromatic rings. The van der Waals surface area contributed by atoms with Crippen LogP contribution < -0.4 is 4.74 Å². The fraction of sp³-hybridized carbons (Fsp3) is 0. The number of hydrogen-bond acceptors (Lipinski definition) is 1. The van der Waals surface area contributed by atoms with Crippen LogP contribution in [0.2, 0.25) is 0 Å². The molecule has 0 amide bonds. The molecule has 1 nitrogen and oxygen atoms in total. The molecule has 0 atom stereocenters. The Bertz CT molecular complexity index is 3960. The van der Waals surface area contributed by atoms with E-state index in [1.165, 1.54) is 116 Å². The molecule has 310 valence electrons. The van der Waals surface area contributed by atoms with Crippen molar-refractivity contribution in [3.63, 3.8) is 0 Å². The van der Waals surface area contributed by atoms with Gasteiger partial charge in [-0.3, -0.25) is 0 Å². The van der Waals surface area contributed by atoms with Crippen molar-refractivity contribution < 1.29 is 4.74 Å². The van der Waals surface area contributed by atoms with Crippen molar-refractivity contribution in [2.45, 2.75) is 0 Å². The number of benzene rings is 12. The summed E-state index contributed by atoms with van der Waals surface area (Å²) in [6.45, 7) is 0. The number of ether oxygens (including phenoxy) is 1. The number of hydrogen-bond donors (Lipinski definition) is 0. The van der Waals surface area contributed by atoms with Gasteiger partial charge in [0.15, 0.2) is 0 Å². The summed E-state index contributed by atoms with van der Waals surface area (Å²) in [6.07, 6.45) is 0.